The SMILES string of the molecule is Cc1noc(C)c1CSc1ccccc1C(=O)Nc1ccc(OCC(F)(F)F)nc1. The lowest BCUT2D eigenvalue weighted by Gasteiger charge is -2.11. The number of aromatic nitrogens is 2. The van der Waals surface area contributed by atoms with Crippen molar-refractivity contribution < 1.29 is 27.2 Å². The highest BCUT2D eigenvalue weighted by molar-refractivity contribution is 7.98. The monoisotopic (exact) mass is 437 g/mol. The summed E-state index contributed by atoms with van der Waals surface area (Å²) in [5.41, 5.74) is 2.59. The van der Waals surface area contributed by atoms with E-state index in [0.29, 0.717) is 17.0 Å². The Labute approximate surface area is 174 Å². The van der Waals surface area contributed by atoms with E-state index in [9.17, 15) is 18.0 Å². The summed E-state index contributed by atoms with van der Waals surface area (Å²) in [4.78, 5) is 17.3. The summed E-state index contributed by atoms with van der Waals surface area (Å²) >= 11 is 1.48. The van der Waals surface area contributed by atoms with Gasteiger partial charge in [-0.05, 0) is 32.0 Å². The number of carbonyl (C=O) groups excluding carboxylic acids is 1. The van der Waals surface area contributed by atoms with Crippen molar-refractivity contribution in [1.82, 2.24) is 10.1 Å². The van der Waals surface area contributed by atoms with E-state index in [0.717, 1.165) is 21.9 Å². The number of hydrogen-bond acceptors (Lipinski definition) is 6. The second kappa shape index (κ2) is 9.21. The van der Waals surface area contributed by atoms with Gasteiger partial charge in [-0.1, -0.05) is 17.3 Å². The number of benzene rings is 1. The molecule has 0 spiro atoms. The van der Waals surface area contributed by atoms with Gasteiger partial charge in [-0.2, -0.15) is 13.2 Å². The van der Waals surface area contributed by atoms with Crippen LogP contribution in [0.1, 0.15) is 27.4 Å². The fraction of sp³-hybridized carbons (Fsp3) is 0.250. The number of nitrogens with one attached hydrogen (secondary N) is 1. The fourth-order valence-corrected chi connectivity index (χ4v) is 3.73. The van der Waals surface area contributed by atoms with Gasteiger partial charge in [0.1, 0.15) is 5.76 Å². The normalized spacial score (nSPS) is 11.4. The molecule has 1 aromatic carbocycles. The Balaban J connectivity index is 1.66. The number of hydrogen-bond donors (Lipinski definition) is 1. The summed E-state index contributed by atoms with van der Waals surface area (Å²) in [6, 6.07) is 9.81. The number of aryl methyl sites for hydroxylation is 2. The third-order valence-corrected chi connectivity index (χ3v) is 5.16. The molecule has 2 heterocycles. The van der Waals surface area contributed by atoms with Gasteiger partial charge in [0, 0.05) is 22.3 Å². The lowest BCUT2D eigenvalue weighted by Crippen LogP contribution is -2.19. The second-order valence-electron chi connectivity index (χ2n) is 6.33. The molecule has 158 valence electrons. The van der Waals surface area contributed by atoms with Crippen molar-refractivity contribution in [2.45, 2.75) is 30.7 Å². The van der Waals surface area contributed by atoms with E-state index >= 15 is 0 Å². The summed E-state index contributed by atoms with van der Waals surface area (Å²) < 4.78 is 46.3. The van der Waals surface area contributed by atoms with E-state index in [1.165, 1.54) is 30.1 Å². The summed E-state index contributed by atoms with van der Waals surface area (Å²) in [5, 5.41) is 6.62. The van der Waals surface area contributed by atoms with E-state index < -0.39 is 12.8 Å². The zero-order valence-corrected chi connectivity index (χ0v) is 16.9. The fourth-order valence-electron chi connectivity index (χ4n) is 2.53. The molecular formula is C20H18F3N3O3S. The lowest BCUT2D eigenvalue weighted by molar-refractivity contribution is -0.154. The number of rotatable bonds is 7. The van der Waals surface area contributed by atoms with Crippen LogP contribution in [0.2, 0.25) is 0 Å². The zero-order valence-electron chi connectivity index (χ0n) is 16.1. The van der Waals surface area contributed by atoms with Crippen LogP contribution in [0.25, 0.3) is 0 Å². The van der Waals surface area contributed by atoms with Crippen LogP contribution >= 0.6 is 11.8 Å². The maximum Gasteiger partial charge on any atom is 0.422 e. The molecule has 0 unspecified atom stereocenters. The van der Waals surface area contributed by atoms with Crippen LogP contribution in [0.15, 0.2) is 52.0 Å². The third-order valence-electron chi connectivity index (χ3n) is 4.06. The van der Waals surface area contributed by atoms with Crippen LogP contribution in [0.5, 0.6) is 5.88 Å². The van der Waals surface area contributed by atoms with Crippen molar-refractivity contribution in [1.29, 1.82) is 0 Å². The van der Waals surface area contributed by atoms with Gasteiger partial charge >= 0.3 is 6.18 Å². The Morgan fingerprint density at radius 2 is 1.97 bits per heavy atom. The van der Waals surface area contributed by atoms with E-state index in [1.807, 2.05) is 26.0 Å². The van der Waals surface area contributed by atoms with Crippen LogP contribution in [0.3, 0.4) is 0 Å². The van der Waals surface area contributed by atoms with Gasteiger partial charge in [-0.25, -0.2) is 4.98 Å². The topological polar surface area (TPSA) is 77.2 Å². The first-order valence-corrected chi connectivity index (χ1v) is 9.82. The molecule has 6 nitrogen and oxygen atoms in total. The summed E-state index contributed by atoms with van der Waals surface area (Å²) in [5.74, 6) is 0.794. The molecule has 3 aromatic rings. The second-order valence-corrected chi connectivity index (χ2v) is 7.35. The number of alkyl halides is 3. The van der Waals surface area contributed by atoms with Gasteiger partial charge in [0.2, 0.25) is 5.88 Å². The summed E-state index contributed by atoms with van der Waals surface area (Å²) in [6.45, 7) is 2.27. The summed E-state index contributed by atoms with van der Waals surface area (Å²) in [6.07, 6.45) is -3.21. The van der Waals surface area contributed by atoms with Crippen molar-refractivity contribution in [3.8, 4) is 5.88 Å². The Kier molecular flexibility index (Phi) is 6.66. The highest BCUT2D eigenvalue weighted by atomic mass is 32.2. The van der Waals surface area contributed by atoms with Crippen molar-refractivity contribution in [2.75, 3.05) is 11.9 Å². The molecule has 0 aliphatic rings. The smallest absolute Gasteiger partial charge is 0.422 e. The Morgan fingerprint density at radius 3 is 2.60 bits per heavy atom. The standard InChI is InChI=1S/C20H18F3N3O3S/c1-12-16(13(2)29-26-12)10-30-17-6-4-3-5-15(17)19(27)25-14-7-8-18(24-9-14)28-11-20(21,22)23/h3-9H,10-11H2,1-2H3,(H,25,27). The van der Waals surface area contributed by atoms with Crippen molar-refractivity contribution in [3.63, 3.8) is 0 Å². The number of carbonyl (C=O) groups is 1. The van der Waals surface area contributed by atoms with Crippen molar-refractivity contribution in [2.24, 2.45) is 0 Å². The number of anilines is 1. The Morgan fingerprint density at radius 1 is 1.20 bits per heavy atom. The molecule has 0 aliphatic heterocycles. The number of amides is 1. The Hall–Kier alpha value is -3.01. The molecule has 10 heteroatoms. The number of halogens is 3. The van der Waals surface area contributed by atoms with Crippen LogP contribution in [0, 0.1) is 13.8 Å². The van der Waals surface area contributed by atoms with Crippen LogP contribution in [0.4, 0.5) is 18.9 Å². The minimum Gasteiger partial charge on any atom is -0.468 e. The molecule has 0 saturated carbocycles. The minimum absolute atomic E-state index is 0.180. The number of pyridine rings is 1. The molecular weight excluding hydrogens is 419 g/mol. The van der Waals surface area contributed by atoms with Crippen molar-refractivity contribution in [3.05, 3.63) is 65.2 Å². The number of thioether (sulfide) groups is 1. The Bertz CT molecular complexity index is 1000. The van der Waals surface area contributed by atoms with E-state index in [2.05, 4.69) is 20.2 Å². The minimum atomic E-state index is -4.44. The summed E-state index contributed by atoms with van der Waals surface area (Å²) in [7, 11) is 0. The van der Waals surface area contributed by atoms with Gasteiger partial charge < -0.3 is 14.6 Å². The molecule has 0 bridgehead atoms. The zero-order chi connectivity index (χ0) is 21.7. The molecule has 30 heavy (non-hydrogen) atoms. The van der Waals surface area contributed by atoms with Crippen LogP contribution in [-0.2, 0) is 5.75 Å². The largest absolute Gasteiger partial charge is 0.468 e. The first-order valence-electron chi connectivity index (χ1n) is 8.83. The molecule has 0 radical (unpaired) electrons. The van der Waals surface area contributed by atoms with Gasteiger partial charge in [0.25, 0.3) is 5.91 Å². The number of nitrogens with zero attached hydrogens (tertiary/aromatic N) is 2. The molecule has 1 amide bonds. The number of ether oxygens (including phenoxy) is 1. The van der Waals surface area contributed by atoms with Crippen LogP contribution in [-0.4, -0.2) is 28.8 Å². The maximum absolute atomic E-state index is 12.7. The van der Waals surface area contributed by atoms with E-state index in [-0.39, 0.29) is 11.8 Å². The first kappa shape index (κ1) is 21.7. The molecule has 0 saturated heterocycles. The first-order chi connectivity index (χ1) is 14.2. The van der Waals surface area contributed by atoms with Crippen LogP contribution < -0.4 is 10.1 Å². The molecule has 1 N–H and O–H groups in total. The molecule has 2 aromatic heterocycles. The van der Waals surface area contributed by atoms with Gasteiger partial charge in [0.05, 0.1) is 23.1 Å². The highest BCUT2D eigenvalue weighted by Crippen LogP contribution is 2.29. The predicted octanol–water partition coefficient (Wildman–Crippen LogP) is 5.17. The lowest BCUT2D eigenvalue weighted by atomic mass is 10.2. The van der Waals surface area contributed by atoms with Crippen molar-refractivity contribution >= 4 is 23.4 Å². The third kappa shape index (κ3) is 5.76. The molecule has 0 aliphatic carbocycles. The van der Waals surface area contributed by atoms with E-state index in [4.69, 9.17) is 4.52 Å². The quantitative estimate of drug-likeness (QED) is 0.514. The van der Waals surface area contributed by atoms with Gasteiger partial charge in [-0.3, -0.25) is 4.79 Å². The average molecular weight is 437 g/mol. The van der Waals surface area contributed by atoms with Gasteiger partial charge in [-0.15, -0.1) is 11.8 Å². The molecule has 0 atom stereocenters. The highest BCUT2D eigenvalue weighted by Gasteiger charge is 2.28. The maximum atomic E-state index is 12.7. The van der Waals surface area contributed by atoms with Gasteiger partial charge in [0.15, 0.2) is 6.61 Å². The molecule has 0 fully saturated rings. The predicted molar refractivity (Wildman–Crippen MR) is 106 cm³/mol. The van der Waals surface area contributed by atoms with E-state index in [1.54, 1.807) is 12.1 Å². The average Bonchev–Trinajstić information content (AvgIpc) is 3.03. The molecule has 3 rings (SSSR count).